The Kier molecular flexibility index (Phi) is 4.36. The third kappa shape index (κ3) is 3.14. The molecule has 0 aliphatic rings. The Hall–Kier alpha value is -3.86. The summed E-state index contributed by atoms with van der Waals surface area (Å²) in [5.41, 5.74) is 6.03. The summed E-state index contributed by atoms with van der Waals surface area (Å²) in [6.45, 7) is 0. The maximum absolute atomic E-state index is 12.6. The zero-order chi connectivity index (χ0) is 20.7. The van der Waals surface area contributed by atoms with Gasteiger partial charge >= 0.3 is 0 Å². The van der Waals surface area contributed by atoms with Crippen molar-refractivity contribution < 1.29 is 4.79 Å². The highest BCUT2D eigenvalue weighted by molar-refractivity contribution is 5.96. The summed E-state index contributed by atoms with van der Waals surface area (Å²) in [6, 6.07) is 24.1. The van der Waals surface area contributed by atoms with Gasteiger partial charge in [-0.1, -0.05) is 30.3 Å². The number of amides is 1. The van der Waals surface area contributed by atoms with Crippen LogP contribution in [0.3, 0.4) is 0 Å². The molecule has 5 rings (SSSR count). The van der Waals surface area contributed by atoms with Crippen LogP contribution in [-0.4, -0.2) is 20.0 Å². The lowest BCUT2D eigenvalue weighted by atomic mass is 10.1. The third-order valence-electron chi connectivity index (χ3n) is 5.54. The molecule has 1 N–H and O–H groups in total. The molecule has 0 aliphatic carbocycles. The number of anilines is 1. The number of para-hydroxylation sites is 3. The van der Waals surface area contributed by atoms with Gasteiger partial charge in [-0.05, 0) is 48.0 Å². The van der Waals surface area contributed by atoms with Crippen LogP contribution in [-0.2, 0) is 25.3 Å². The second-order valence-corrected chi connectivity index (χ2v) is 7.57. The van der Waals surface area contributed by atoms with E-state index in [0.717, 1.165) is 44.6 Å². The van der Waals surface area contributed by atoms with Crippen molar-refractivity contribution in [1.82, 2.24) is 14.1 Å². The van der Waals surface area contributed by atoms with Gasteiger partial charge in [-0.2, -0.15) is 0 Å². The molecule has 0 fully saturated rings. The fourth-order valence-corrected chi connectivity index (χ4v) is 4.05. The van der Waals surface area contributed by atoms with Crippen molar-refractivity contribution in [2.75, 3.05) is 5.32 Å². The highest BCUT2D eigenvalue weighted by Gasteiger charge is 2.12. The highest BCUT2D eigenvalue weighted by atomic mass is 16.1. The van der Waals surface area contributed by atoms with E-state index in [1.807, 2.05) is 74.9 Å². The first-order valence-electron chi connectivity index (χ1n) is 9.95. The van der Waals surface area contributed by atoms with E-state index in [1.165, 1.54) is 0 Å². The van der Waals surface area contributed by atoms with E-state index in [2.05, 4.69) is 32.7 Å². The van der Waals surface area contributed by atoms with E-state index in [-0.39, 0.29) is 5.91 Å². The topological polar surface area (TPSA) is 51.9 Å². The normalized spacial score (nSPS) is 11.3. The van der Waals surface area contributed by atoms with E-state index in [4.69, 9.17) is 4.98 Å². The maximum Gasteiger partial charge on any atom is 0.228 e. The van der Waals surface area contributed by atoms with Crippen molar-refractivity contribution in [3.05, 3.63) is 84.6 Å². The Labute approximate surface area is 174 Å². The molecule has 0 radical (unpaired) electrons. The van der Waals surface area contributed by atoms with Gasteiger partial charge in [0.15, 0.2) is 0 Å². The summed E-state index contributed by atoms with van der Waals surface area (Å²) < 4.78 is 4.15. The van der Waals surface area contributed by atoms with Gasteiger partial charge < -0.3 is 14.5 Å². The summed E-state index contributed by atoms with van der Waals surface area (Å²) in [5, 5.41) is 4.13. The van der Waals surface area contributed by atoms with E-state index in [0.29, 0.717) is 6.42 Å². The van der Waals surface area contributed by atoms with Crippen LogP contribution in [0.15, 0.2) is 79.0 Å². The third-order valence-corrected chi connectivity index (χ3v) is 5.54. The van der Waals surface area contributed by atoms with Crippen molar-refractivity contribution in [1.29, 1.82) is 0 Å². The number of nitrogens with zero attached hydrogens (tertiary/aromatic N) is 3. The first kappa shape index (κ1) is 18.2. The molecule has 30 heavy (non-hydrogen) atoms. The van der Waals surface area contributed by atoms with Crippen LogP contribution >= 0.6 is 0 Å². The van der Waals surface area contributed by atoms with Crippen LogP contribution in [0.5, 0.6) is 0 Å². The number of aromatic nitrogens is 3. The molecule has 0 spiro atoms. The number of carbonyl (C=O) groups excluding carboxylic acids is 1. The first-order chi connectivity index (χ1) is 14.6. The molecule has 2 heterocycles. The first-order valence-corrected chi connectivity index (χ1v) is 9.95. The molecule has 5 heteroatoms. The van der Waals surface area contributed by atoms with Gasteiger partial charge in [-0.15, -0.1) is 0 Å². The SMILES string of the molecule is Cn1cc(CC(=O)Nc2ccc(-c3nc4ccccc4n3C)cc2)c2ccccc21. The lowest BCUT2D eigenvalue weighted by molar-refractivity contribution is -0.115. The van der Waals surface area contributed by atoms with Crippen molar-refractivity contribution in [2.45, 2.75) is 6.42 Å². The number of rotatable bonds is 4. The quantitative estimate of drug-likeness (QED) is 0.471. The van der Waals surface area contributed by atoms with E-state index >= 15 is 0 Å². The molecule has 148 valence electrons. The van der Waals surface area contributed by atoms with E-state index in [9.17, 15) is 4.79 Å². The fourth-order valence-electron chi connectivity index (χ4n) is 4.05. The van der Waals surface area contributed by atoms with Crippen LogP contribution in [0.4, 0.5) is 5.69 Å². The number of nitrogens with one attached hydrogen (secondary N) is 1. The number of hydrogen-bond acceptors (Lipinski definition) is 2. The predicted octanol–water partition coefficient (Wildman–Crippen LogP) is 4.91. The van der Waals surface area contributed by atoms with E-state index in [1.54, 1.807) is 0 Å². The summed E-state index contributed by atoms with van der Waals surface area (Å²) >= 11 is 0. The molecule has 5 nitrogen and oxygen atoms in total. The summed E-state index contributed by atoms with van der Waals surface area (Å²) in [4.78, 5) is 17.4. The summed E-state index contributed by atoms with van der Waals surface area (Å²) in [7, 11) is 4.02. The maximum atomic E-state index is 12.6. The predicted molar refractivity (Wildman–Crippen MR) is 121 cm³/mol. The molecule has 0 atom stereocenters. The Morgan fingerprint density at radius 3 is 2.37 bits per heavy atom. The Morgan fingerprint density at radius 2 is 1.60 bits per heavy atom. The smallest absolute Gasteiger partial charge is 0.228 e. The van der Waals surface area contributed by atoms with Crippen molar-refractivity contribution in [3.8, 4) is 11.4 Å². The molecule has 0 saturated carbocycles. The van der Waals surface area contributed by atoms with Crippen molar-refractivity contribution >= 4 is 33.5 Å². The van der Waals surface area contributed by atoms with Crippen LogP contribution in [0.2, 0.25) is 0 Å². The number of hydrogen-bond donors (Lipinski definition) is 1. The molecule has 0 unspecified atom stereocenters. The number of benzene rings is 3. The average molecular weight is 394 g/mol. The van der Waals surface area contributed by atoms with Gasteiger partial charge in [-0.25, -0.2) is 4.98 Å². The van der Waals surface area contributed by atoms with Crippen molar-refractivity contribution in [3.63, 3.8) is 0 Å². The molecule has 0 bridgehead atoms. The molecule has 1 amide bonds. The largest absolute Gasteiger partial charge is 0.350 e. The van der Waals surface area contributed by atoms with Gasteiger partial charge in [0, 0.05) is 42.4 Å². The average Bonchev–Trinajstić information content (AvgIpc) is 3.26. The molecule has 0 saturated heterocycles. The number of fused-ring (bicyclic) bond motifs is 2. The van der Waals surface area contributed by atoms with Crippen LogP contribution in [0.25, 0.3) is 33.3 Å². The summed E-state index contributed by atoms with van der Waals surface area (Å²) in [6.07, 6.45) is 2.37. The number of carbonyl (C=O) groups is 1. The molecular weight excluding hydrogens is 372 g/mol. The fraction of sp³-hybridized carbons (Fsp3) is 0.120. The van der Waals surface area contributed by atoms with Crippen LogP contribution < -0.4 is 5.32 Å². The Morgan fingerprint density at radius 1 is 0.900 bits per heavy atom. The molecule has 0 aliphatic heterocycles. The molecule has 5 aromatic rings. The lowest BCUT2D eigenvalue weighted by Gasteiger charge is -2.07. The molecule has 3 aromatic carbocycles. The zero-order valence-electron chi connectivity index (χ0n) is 17.0. The minimum Gasteiger partial charge on any atom is -0.350 e. The Balaban J connectivity index is 1.34. The number of aryl methyl sites for hydroxylation is 2. The molecular formula is C25H22N4O. The highest BCUT2D eigenvalue weighted by Crippen LogP contribution is 2.25. The zero-order valence-corrected chi connectivity index (χ0v) is 17.0. The lowest BCUT2D eigenvalue weighted by Crippen LogP contribution is -2.14. The Bertz CT molecular complexity index is 1380. The monoisotopic (exact) mass is 394 g/mol. The molecule has 2 aromatic heterocycles. The van der Waals surface area contributed by atoms with Gasteiger partial charge in [0.2, 0.25) is 5.91 Å². The minimum atomic E-state index is -0.0261. The minimum absolute atomic E-state index is 0.0261. The van der Waals surface area contributed by atoms with Gasteiger partial charge in [0.1, 0.15) is 5.82 Å². The van der Waals surface area contributed by atoms with Crippen LogP contribution in [0, 0.1) is 0 Å². The van der Waals surface area contributed by atoms with Gasteiger partial charge in [-0.3, -0.25) is 4.79 Å². The number of imidazole rings is 1. The van der Waals surface area contributed by atoms with Crippen LogP contribution in [0.1, 0.15) is 5.56 Å². The van der Waals surface area contributed by atoms with Crippen molar-refractivity contribution in [2.24, 2.45) is 14.1 Å². The standard InChI is InChI=1S/C25H22N4O/c1-28-16-18(20-7-3-5-9-22(20)28)15-24(30)26-19-13-11-17(12-14-19)25-27-21-8-4-6-10-23(21)29(25)2/h3-14,16H,15H2,1-2H3,(H,26,30). The summed E-state index contributed by atoms with van der Waals surface area (Å²) in [5.74, 6) is 0.881. The second-order valence-electron chi connectivity index (χ2n) is 7.57. The van der Waals surface area contributed by atoms with Gasteiger partial charge in [0.05, 0.1) is 17.5 Å². The second kappa shape index (κ2) is 7.19. The van der Waals surface area contributed by atoms with E-state index < -0.39 is 0 Å². The van der Waals surface area contributed by atoms with Gasteiger partial charge in [0.25, 0.3) is 0 Å².